The van der Waals surface area contributed by atoms with Gasteiger partial charge in [-0.1, -0.05) is 12.1 Å². The maximum absolute atomic E-state index is 9.04. The standard InChI is InChI=1S/C19H18N6/c1-13(2)22-17-11-18(23-15-7-5-6-14(10-15)12-20)25-19(24-17)16-8-3-4-9-21-16/h3-11,13H,1-2H3,(H2,22,23,24,25). The number of nitrogens with zero attached hydrogens (tertiary/aromatic N) is 4. The highest BCUT2D eigenvalue weighted by molar-refractivity contribution is 5.64. The number of pyridine rings is 1. The highest BCUT2D eigenvalue weighted by Crippen LogP contribution is 2.22. The molecule has 0 amide bonds. The summed E-state index contributed by atoms with van der Waals surface area (Å²) in [5, 5.41) is 15.6. The van der Waals surface area contributed by atoms with Crippen molar-refractivity contribution < 1.29 is 0 Å². The number of hydrogen-bond donors (Lipinski definition) is 2. The molecule has 0 radical (unpaired) electrons. The van der Waals surface area contributed by atoms with Gasteiger partial charge in [-0.2, -0.15) is 5.26 Å². The highest BCUT2D eigenvalue weighted by atomic mass is 15.1. The molecule has 124 valence electrons. The van der Waals surface area contributed by atoms with E-state index in [0.717, 1.165) is 5.69 Å². The molecule has 0 atom stereocenters. The Bertz CT molecular complexity index is 899. The molecule has 0 aliphatic heterocycles. The zero-order valence-electron chi connectivity index (χ0n) is 14.1. The highest BCUT2D eigenvalue weighted by Gasteiger charge is 2.09. The van der Waals surface area contributed by atoms with Crippen LogP contribution in [0, 0.1) is 11.3 Å². The zero-order valence-corrected chi connectivity index (χ0v) is 14.1. The Morgan fingerprint density at radius 1 is 1.00 bits per heavy atom. The summed E-state index contributed by atoms with van der Waals surface area (Å²) in [6.07, 6.45) is 1.71. The van der Waals surface area contributed by atoms with Crippen LogP contribution in [0.25, 0.3) is 11.5 Å². The molecule has 3 rings (SSSR count). The second-order valence-electron chi connectivity index (χ2n) is 5.79. The minimum Gasteiger partial charge on any atom is -0.368 e. The van der Waals surface area contributed by atoms with E-state index in [4.69, 9.17) is 5.26 Å². The zero-order chi connectivity index (χ0) is 17.6. The van der Waals surface area contributed by atoms with Crippen LogP contribution in [0.2, 0.25) is 0 Å². The molecule has 6 heteroatoms. The van der Waals surface area contributed by atoms with E-state index >= 15 is 0 Å². The van der Waals surface area contributed by atoms with E-state index in [9.17, 15) is 0 Å². The SMILES string of the molecule is CC(C)Nc1cc(Nc2cccc(C#N)c2)nc(-c2ccccn2)n1. The van der Waals surface area contributed by atoms with E-state index in [1.807, 2.05) is 50.2 Å². The molecule has 6 nitrogen and oxygen atoms in total. The molecule has 2 N–H and O–H groups in total. The van der Waals surface area contributed by atoms with E-state index in [-0.39, 0.29) is 6.04 Å². The van der Waals surface area contributed by atoms with Crippen molar-refractivity contribution in [3.05, 3.63) is 60.3 Å². The average molecular weight is 330 g/mol. The fourth-order valence-electron chi connectivity index (χ4n) is 2.30. The molecule has 0 aliphatic carbocycles. The number of nitrogens with one attached hydrogen (secondary N) is 2. The van der Waals surface area contributed by atoms with Gasteiger partial charge in [-0.05, 0) is 44.2 Å². The van der Waals surface area contributed by atoms with Gasteiger partial charge < -0.3 is 10.6 Å². The van der Waals surface area contributed by atoms with Gasteiger partial charge in [-0.15, -0.1) is 0 Å². The van der Waals surface area contributed by atoms with Crippen LogP contribution in [0.3, 0.4) is 0 Å². The van der Waals surface area contributed by atoms with E-state index in [1.165, 1.54) is 0 Å². The average Bonchev–Trinajstić information content (AvgIpc) is 2.62. The first kappa shape index (κ1) is 16.4. The van der Waals surface area contributed by atoms with Crippen LogP contribution in [0.15, 0.2) is 54.7 Å². The van der Waals surface area contributed by atoms with Crippen molar-refractivity contribution in [3.63, 3.8) is 0 Å². The number of anilines is 3. The van der Waals surface area contributed by atoms with Crippen molar-refractivity contribution in [2.75, 3.05) is 10.6 Å². The lowest BCUT2D eigenvalue weighted by Crippen LogP contribution is -2.12. The molecular formula is C19H18N6. The van der Waals surface area contributed by atoms with E-state index in [1.54, 1.807) is 18.3 Å². The summed E-state index contributed by atoms with van der Waals surface area (Å²) in [6, 6.07) is 17.1. The minimum atomic E-state index is 0.237. The first-order valence-electron chi connectivity index (χ1n) is 7.98. The molecule has 0 fully saturated rings. The third kappa shape index (κ3) is 4.30. The maximum atomic E-state index is 9.04. The summed E-state index contributed by atoms with van der Waals surface area (Å²) < 4.78 is 0. The summed E-state index contributed by atoms with van der Waals surface area (Å²) in [6.45, 7) is 4.10. The van der Waals surface area contributed by atoms with Gasteiger partial charge in [0.1, 0.15) is 17.3 Å². The third-order valence-electron chi connectivity index (χ3n) is 3.32. The molecule has 2 aromatic heterocycles. The molecule has 0 aliphatic rings. The fraction of sp³-hybridized carbons (Fsp3) is 0.158. The lowest BCUT2D eigenvalue weighted by atomic mass is 10.2. The van der Waals surface area contributed by atoms with Gasteiger partial charge >= 0.3 is 0 Å². The number of benzene rings is 1. The topological polar surface area (TPSA) is 86.5 Å². The minimum absolute atomic E-state index is 0.237. The summed E-state index contributed by atoms with van der Waals surface area (Å²) in [4.78, 5) is 13.4. The summed E-state index contributed by atoms with van der Waals surface area (Å²) in [5.74, 6) is 1.88. The van der Waals surface area contributed by atoms with Crippen LogP contribution in [0.1, 0.15) is 19.4 Å². The van der Waals surface area contributed by atoms with Crippen molar-refractivity contribution in [1.29, 1.82) is 5.26 Å². The Labute approximate surface area is 146 Å². The second-order valence-corrected chi connectivity index (χ2v) is 5.79. The fourth-order valence-corrected chi connectivity index (χ4v) is 2.30. The van der Waals surface area contributed by atoms with Crippen molar-refractivity contribution in [3.8, 4) is 17.6 Å². The van der Waals surface area contributed by atoms with Crippen molar-refractivity contribution in [1.82, 2.24) is 15.0 Å². The lowest BCUT2D eigenvalue weighted by Gasteiger charge is -2.13. The lowest BCUT2D eigenvalue weighted by molar-refractivity contribution is 0.887. The van der Waals surface area contributed by atoms with Gasteiger partial charge in [-0.3, -0.25) is 4.98 Å². The number of aromatic nitrogens is 3. The molecule has 0 saturated heterocycles. The Morgan fingerprint density at radius 2 is 1.84 bits per heavy atom. The first-order chi connectivity index (χ1) is 12.1. The molecule has 0 saturated carbocycles. The van der Waals surface area contributed by atoms with Crippen LogP contribution < -0.4 is 10.6 Å². The maximum Gasteiger partial charge on any atom is 0.182 e. The molecule has 0 unspecified atom stereocenters. The number of hydrogen-bond acceptors (Lipinski definition) is 6. The second kappa shape index (κ2) is 7.41. The van der Waals surface area contributed by atoms with Crippen molar-refractivity contribution in [2.24, 2.45) is 0 Å². The molecule has 25 heavy (non-hydrogen) atoms. The largest absolute Gasteiger partial charge is 0.368 e. The third-order valence-corrected chi connectivity index (χ3v) is 3.32. The molecular weight excluding hydrogens is 312 g/mol. The predicted octanol–water partition coefficient (Wildman–Crippen LogP) is 3.97. The first-order valence-corrected chi connectivity index (χ1v) is 7.98. The Morgan fingerprint density at radius 3 is 2.56 bits per heavy atom. The molecule has 0 spiro atoms. The molecule has 0 bridgehead atoms. The van der Waals surface area contributed by atoms with E-state index in [2.05, 4.69) is 31.7 Å². The summed E-state index contributed by atoms with van der Waals surface area (Å²) >= 11 is 0. The summed E-state index contributed by atoms with van der Waals surface area (Å²) in [7, 11) is 0. The van der Waals surface area contributed by atoms with E-state index < -0.39 is 0 Å². The van der Waals surface area contributed by atoms with Gasteiger partial charge in [0, 0.05) is 24.0 Å². The quantitative estimate of drug-likeness (QED) is 0.736. The normalized spacial score (nSPS) is 10.3. The predicted molar refractivity (Wildman–Crippen MR) is 98.5 cm³/mol. The van der Waals surface area contributed by atoms with Crippen LogP contribution in [0.5, 0.6) is 0 Å². The van der Waals surface area contributed by atoms with Gasteiger partial charge in [-0.25, -0.2) is 9.97 Å². The molecule has 2 heterocycles. The Kier molecular flexibility index (Phi) is 4.86. The molecule has 3 aromatic rings. The number of nitriles is 1. The number of rotatable bonds is 5. The summed E-state index contributed by atoms with van der Waals surface area (Å²) in [5.41, 5.74) is 2.08. The molecule has 1 aromatic carbocycles. The Hall–Kier alpha value is -3.46. The van der Waals surface area contributed by atoms with Crippen LogP contribution in [-0.4, -0.2) is 21.0 Å². The van der Waals surface area contributed by atoms with Gasteiger partial charge in [0.2, 0.25) is 0 Å². The monoisotopic (exact) mass is 330 g/mol. The van der Waals surface area contributed by atoms with Gasteiger partial charge in [0.15, 0.2) is 5.82 Å². The smallest absolute Gasteiger partial charge is 0.182 e. The van der Waals surface area contributed by atoms with Gasteiger partial charge in [0.25, 0.3) is 0 Å². The van der Waals surface area contributed by atoms with Crippen LogP contribution in [-0.2, 0) is 0 Å². The van der Waals surface area contributed by atoms with E-state index in [0.29, 0.717) is 28.7 Å². The van der Waals surface area contributed by atoms with Crippen LogP contribution >= 0.6 is 0 Å². The van der Waals surface area contributed by atoms with Crippen LogP contribution in [0.4, 0.5) is 17.3 Å². The van der Waals surface area contributed by atoms with Crippen molar-refractivity contribution in [2.45, 2.75) is 19.9 Å². The van der Waals surface area contributed by atoms with Crippen molar-refractivity contribution >= 4 is 17.3 Å². The Balaban J connectivity index is 1.98. The van der Waals surface area contributed by atoms with Gasteiger partial charge in [0.05, 0.1) is 11.6 Å².